The lowest BCUT2D eigenvalue weighted by Gasteiger charge is -2.33. The van der Waals surface area contributed by atoms with Crippen LogP contribution < -0.4 is 10.6 Å². The number of rotatable bonds is 3. The van der Waals surface area contributed by atoms with Gasteiger partial charge in [0.05, 0.1) is 21.2 Å². The second-order valence-corrected chi connectivity index (χ2v) is 8.65. The van der Waals surface area contributed by atoms with Gasteiger partial charge in [-0.15, -0.1) is 0 Å². The van der Waals surface area contributed by atoms with Gasteiger partial charge < -0.3 is 20.1 Å². The van der Waals surface area contributed by atoms with E-state index in [-0.39, 0.29) is 30.2 Å². The first-order valence-electron chi connectivity index (χ1n) is 8.82. The number of nitrogens with one attached hydrogen (secondary N) is 2. The number of ketones is 1. The molecule has 28 heavy (non-hydrogen) atoms. The third kappa shape index (κ3) is 3.26. The number of amides is 3. The van der Waals surface area contributed by atoms with Crippen molar-refractivity contribution in [3.05, 3.63) is 56.7 Å². The Balaban J connectivity index is 1.52. The van der Waals surface area contributed by atoms with Gasteiger partial charge in [0.1, 0.15) is 11.7 Å². The normalized spacial score (nSPS) is 23.0. The zero-order valence-electron chi connectivity index (χ0n) is 15.0. The Labute approximate surface area is 178 Å². The van der Waals surface area contributed by atoms with E-state index in [1.54, 1.807) is 13.1 Å². The standard InChI is InChI=1S/C19H18Br2N4O3/c1-24(9-10-5-3-2-4-6-10)19(28)23-16-14(26)8-12-15(16)22-18(27)13-7-11(20)17(21)25(12)13/h2-7,12,15-16H,8-9H2,1H3,(H,22,27)(H,23,28)/t12-,15-,16-/m1/s1. The fraction of sp³-hybridized carbons (Fsp3) is 0.316. The number of benzene rings is 1. The monoisotopic (exact) mass is 508 g/mol. The number of aromatic nitrogens is 1. The lowest BCUT2D eigenvalue weighted by atomic mass is 10.1. The molecule has 4 rings (SSSR count). The molecule has 2 heterocycles. The van der Waals surface area contributed by atoms with Crippen LogP contribution >= 0.6 is 31.9 Å². The van der Waals surface area contributed by atoms with E-state index in [1.807, 2.05) is 34.9 Å². The summed E-state index contributed by atoms with van der Waals surface area (Å²) in [4.78, 5) is 39.3. The van der Waals surface area contributed by atoms with Crippen molar-refractivity contribution in [2.45, 2.75) is 31.1 Å². The van der Waals surface area contributed by atoms with Crippen molar-refractivity contribution >= 4 is 49.6 Å². The van der Waals surface area contributed by atoms with Gasteiger partial charge in [0, 0.05) is 20.0 Å². The number of hydrogen-bond donors (Lipinski definition) is 2. The maximum absolute atomic E-state index is 12.7. The first-order chi connectivity index (χ1) is 13.4. The summed E-state index contributed by atoms with van der Waals surface area (Å²) in [6, 6.07) is 9.48. The van der Waals surface area contributed by atoms with Gasteiger partial charge in [-0.25, -0.2) is 4.79 Å². The largest absolute Gasteiger partial charge is 0.343 e. The van der Waals surface area contributed by atoms with Crippen LogP contribution in [0.1, 0.15) is 28.5 Å². The fourth-order valence-electron chi connectivity index (χ4n) is 3.85. The van der Waals surface area contributed by atoms with E-state index >= 15 is 0 Å². The first-order valence-corrected chi connectivity index (χ1v) is 10.4. The Morgan fingerprint density at radius 2 is 2.00 bits per heavy atom. The Morgan fingerprint density at radius 1 is 1.29 bits per heavy atom. The van der Waals surface area contributed by atoms with E-state index in [9.17, 15) is 14.4 Å². The summed E-state index contributed by atoms with van der Waals surface area (Å²) < 4.78 is 3.29. The predicted molar refractivity (Wildman–Crippen MR) is 110 cm³/mol. The number of hydrogen-bond acceptors (Lipinski definition) is 3. The summed E-state index contributed by atoms with van der Waals surface area (Å²) in [5.41, 5.74) is 1.48. The molecule has 3 atom stereocenters. The van der Waals surface area contributed by atoms with E-state index in [0.29, 0.717) is 16.8 Å². The average Bonchev–Trinajstić information content (AvgIpc) is 3.14. The highest BCUT2D eigenvalue weighted by Gasteiger charge is 2.49. The maximum Gasteiger partial charge on any atom is 0.318 e. The van der Waals surface area contributed by atoms with Gasteiger partial charge in [0.25, 0.3) is 5.91 Å². The van der Waals surface area contributed by atoms with Crippen LogP contribution in [0.25, 0.3) is 0 Å². The zero-order valence-corrected chi connectivity index (χ0v) is 18.2. The van der Waals surface area contributed by atoms with Crippen LogP contribution in [-0.2, 0) is 11.3 Å². The van der Waals surface area contributed by atoms with Crippen LogP contribution in [0.3, 0.4) is 0 Å². The van der Waals surface area contributed by atoms with Crippen LogP contribution in [-0.4, -0.2) is 46.3 Å². The van der Waals surface area contributed by atoms with Crippen molar-refractivity contribution in [1.82, 2.24) is 20.1 Å². The Morgan fingerprint density at radius 3 is 2.71 bits per heavy atom. The van der Waals surface area contributed by atoms with E-state index in [0.717, 1.165) is 10.0 Å². The molecule has 146 valence electrons. The van der Waals surface area contributed by atoms with E-state index in [2.05, 4.69) is 42.5 Å². The fourth-order valence-corrected chi connectivity index (χ4v) is 4.83. The topological polar surface area (TPSA) is 83.4 Å². The molecular weight excluding hydrogens is 492 g/mol. The molecule has 0 saturated heterocycles. The van der Waals surface area contributed by atoms with Gasteiger partial charge >= 0.3 is 6.03 Å². The highest BCUT2D eigenvalue weighted by Crippen LogP contribution is 2.39. The molecule has 0 bridgehead atoms. The van der Waals surface area contributed by atoms with Crippen molar-refractivity contribution in [2.24, 2.45) is 0 Å². The molecule has 2 aromatic rings. The second-order valence-electron chi connectivity index (χ2n) is 7.04. The summed E-state index contributed by atoms with van der Waals surface area (Å²) in [6.07, 6.45) is 0.241. The number of fused-ring (bicyclic) bond motifs is 3. The van der Waals surface area contributed by atoms with Crippen molar-refractivity contribution in [3.8, 4) is 0 Å². The molecule has 1 saturated carbocycles. The molecule has 0 unspecified atom stereocenters. The average molecular weight is 510 g/mol. The molecule has 1 aromatic heterocycles. The summed E-state index contributed by atoms with van der Waals surface area (Å²) in [5, 5.41) is 5.70. The number of carbonyl (C=O) groups is 3. The van der Waals surface area contributed by atoms with Gasteiger partial charge in [-0.05, 0) is 43.5 Å². The smallest absolute Gasteiger partial charge is 0.318 e. The molecule has 1 aliphatic heterocycles. The molecule has 2 aliphatic rings. The third-order valence-electron chi connectivity index (χ3n) is 5.21. The van der Waals surface area contributed by atoms with Crippen LogP contribution in [0, 0.1) is 0 Å². The van der Waals surface area contributed by atoms with Crippen LogP contribution in [0.5, 0.6) is 0 Å². The van der Waals surface area contributed by atoms with E-state index in [1.165, 1.54) is 4.90 Å². The zero-order chi connectivity index (χ0) is 20.0. The molecule has 7 nitrogen and oxygen atoms in total. The third-order valence-corrected chi connectivity index (χ3v) is 7.16. The van der Waals surface area contributed by atoms with Crippen LogP contribution in [0.4, 0.5) is 4.79 Å². The minimum absolute atomic E-state index is 0.0960. The lowest BCUT2D eigenvalue weighted by molar-refractivity contribution is -0.119. The van der Waals surface area contributed by atoms with Crippen molar-refractivity contribution < 1.29 is 14.4 Å². The quantitative estimate of drug-likeness (QED) is 0.667. The number of halogens is 2. The van der Waals surface area contributed by atoms with Crippen molar-refractivity contribution in [1.29, 1.82) is 0 Å². The van der Waals surface area contributed by atoms with E-state index < -0.39 is 12.1 Å². The summed E-state index contributed by atoms with van der Waals surface area (Å²) >= 11 is 6.89. The summed E-state index contributed by atoms with van der Waals surface area (Å²) in [6.45, 7) is 0.425. The Kier molecular flexibility index (Phi) is 5.05. The molecule has 9 heteroatoms. The SMILES string of the molecule is CN(Cc1ccccc1)C(=O)N[C@@H]1C(=O)C[C@@H]2[C@H]1NC(=O)c1cc(Br)c(Br)n12. The number of carbonyl (C=O) groups excluding carboxylic acids is 3. The first kappa shape index (κ1) is 19.2. The molecule has 0 radical (unpaired) electrons. The van der Waals surface area contributed by atoms with Gasteiger partial charge in [0.15, 0.2) is 5.78 Å². The van der Waals surface area contributed by atoms with E-state index in [4.69, 9.17) is 0 Å². The summed E-state index contributed by atoms with van der Waals surface area (Å²) in [5.74, 6) is -0.361. The van der Waals surface area contributed by atoms with Crippen molar-refractivity contribution in [2.75, 3.05) is 7.05 Å². The molecule has 1 aromatic carbocycles. The lowest BCUT2D eigenvalue weighted by Crippen LogP contribution is -2.57. The van der Waals surface area contributed by atoms with Gasteiger partial charge in [-0.2, -0.15) is 0 Å². The molecule has 3 amide bonds. The number of Topliss-reactive ketones (excluding diaryl/α,β-unsaturated/α-hetero) is 1. The van der Waals surface area contributed by atoms with Gasteiger partial charge in [-0.3, -0.25) is 9.59 Å². The van der Waals surface area contributed by atoms with Crippen molar-refractivity contribution in [3.63, 3.8) is 0 Å². The highest BCUT2D eigenvalue weighted by molar-refractivity contribution is 9.13. The molecule has 0 spiro atoms. The van der Waals surface area contributed by atoms with Crippen LogP contribution in [0.15, 0.2) is 45.5 Å². The van der Waals surface area contributed by atoms with Gasteiger partial charge in [-0.1, -0.05) is 30.3 Å². The molecule has 1 aliphatic carbocycles. The molecule has 1 fully saturated rings. The molecule has 2 N–H and O–H groups in total. The Bertz CT molecular complexity index is 960. The highest BCUT2D eigenvalue weighted by atomic mass is 79.9. The Hall–Kier alpha value is -2.13. The minimum atomic E-state index is -0.763. The second kappa shape index (κ2) is 7.36. The minimum Gasteiger partial charge on any atom is -0.343 e. The van der Waals surface area contributed by atoms with Gasteiger partial charge in [0.2, 0.25) is 0 Å². The number of nitrogens with zero attached hydrogens (tertiary/aromatic N) is 2. The summed E-state index contributed by atoms with van der Waals surface area (Å²) in [7, 11) is 1.68. The maximum atomic E-state index is 12.7. The number of urea groups is 1. The van der Waals surface area contributed by atoms with Crippen LogP contribution in [0.2, 0.25) is 0 Å². The molecular formula is C19H18Br2N4O3. The predicted octanol–water partition coefficient (Wildman–Crippen LogP) is 2.85.